The molecule has 1 fully saturated rings. The van der Waals surface area contributed by atoms with E-state index in [2.05, 4.69) is 15.9 Å². The van der Waals surface area contributed by atoms with Crippen molar-refractivity contribution in [2.45, 2.75) is 0 Å². The van der Waals surface area contributed by atoms with Crippen molar-refractivity contribution in [1.82, 2.24) is 4.90 Å². The zero-order valence-corrected chi connectivity index (χ0v) is 13.2. The van der Waals surface area contributed by atoms with E-state index in [9.17, 15) is 9.59 Å². The molecule has 0 saturated carbocycles. The number of benzene rings is 1. The summed E-state index contributed by atoms with van der Waals surface area (Å²) in [5, 5.41) is -0.291. The molecule has 0 bridgehead atoms. The van der Waals surface area contributed by atoms with Gasteiger partial charge in [0.1, 0.15) is 5.75 Å². The highest BCUT2D eigenvalue weighted by molar-refractivity contribution is 9.10. The maximum Gasteiger partial charge on any atom is 0.293 e. The number of hydrogen-bond acceptors (Lipinski definition) is 5. The van der Waals surface area contributed by atoms with Crippen LogP contribution < -0.4 is 10.5 Å². The number of ether oxygens (including phenoxy) is 1. The predicted octanol–water partition coefficient (Wildman–Crippen LogP) is 2.45. The third-order valence-electron chi connectivity index (χ3n) is 2.70. The summed E-state index contributed by atoms with van der Waals surface area (Å²) in [6, 6.07) is 5.46. The van der Waals surface area contributed by atoms with Crippen LogP contribution in [0.2, 0.25) is 0 Å². The number of methoxy groups -OCH3 is 1. The van der Waals surface area contributed by atoms with Crippen LogP contribution in [0, 0.1) is 0 Å². The summed E-state index contributed by atoms with van der Waals surface area (Å²) in [5.41, 5.74) is 6.13. The molecule has 2 N–H and O–H groups in total. The topological polar surface area (TPSA) is 72.6 Å². The van der Waals surface area contributed by atoms with Crippen molar-refractivity contribution in [1.29, 1.82) is 0 Å². The molecular weight excluding hydrogens is 344 g/mol. The average Bonchev–Trinajstić information content (AvgIpc) is 2.67. The number of nitrogens with two attached hydrogens (primary N) is 1. The van der Waals surface area contributed by atoms with Gasteiger partial charge in [0.25, 0.3) is 11.1 Å². The van der Waals surface area contributed by atoms with Gasteiger partial charge in [-0.05, 0) is 36.0 Å². The second-order valence-corrected chi connectivity index (χ2v) is 5.92. The Morgan fingerprint density at radius 1 is 1.45 bits per heavy atom. The van der Waals surface area contributed by atoms with E-state index < -0.39 is 0 Å². The number of imide groups is 1. The van der Waals surface area contributed by atoms with Crippen LogP contribution in [0.4, 0.5) is 4.79 Å². The lowest BCUT2D eigenvalue weighted by Gasteiger charge is -2.09. The van der Waals surface area contributed by atoms with Crippen LogP contribution in [0.3, 0.4) is 0 Å². The molecule has 1 aromatic rings. The normalized spacial score (nSPS) is 17.1. The van der Waals surface area contributed by atoms with Crippen LogP contribution >= 0.6 is 27.7 Å². The van der Waals surface area contributed by atoms with Gasteiger partial charge in [-0.15, -0.1) is 0 Å². The van der Waals surface area contributed by atoms with Crippen molar-refractivity contribution >= 4 is 44.9 Å². The van der Waals surface area contributed by atoms with Crippen molar-refractivity contribution in [2.24, 2.45) is 5.73 Å². The fourth-order valence-corrected chi connectivity index (χ4v) is 3.02. The lowest BCUT2D eigenvalue weighted by atomic mass is 10.2. The Bertz CT molecular complexity index is 589. The van der Waals surface area contributed by atoms with Crippen molar-refractivity contribution in [3.63, 3.8) is 0 Å². The van der Waals surface area contributed by atoms with Crippen molar-refractivity contribution in [2.75, 3.05) is 20.2 Å². The minimum Gasteiger partial charge on any atom is -0.496 e. The maximum atomic E-state index is 12.1. The Morgan fingerprint density at radius 3 is 2.85 bits per heavy atom. The van der Waals surface area contributed by atoms with Gasteiger partial charge >= 0.3 is 0 Å². The van der Waals surface area contributed by atoms with E-state index in [4.69, 9.17) is 10.5 Å². The summed E-state index contributed by atoms with van der Waals surface area (Å²) < 4.78 is 6.11. The molecule has 1 heterocycles. The molecular formula is C13H13BrN2O3S. The molecule has 106 valence electrons. The fraction of sp³-hybridized carbons (Fsp3) is 0.231. The molecule has 2 amide bonds. The molecule has 0 aliphatic carbocycles. The highest BCUT2D eigenvalue weighted by atomic mass is 79.9. The zero-order chi connectivity index (χ0) is 14.7. The van der Waals surface area contributed by atoms with Crippen LogP contribution in [0.5, 0.6) is 5.75 Å². The number of hydrogen-bond donors (Lipinski definition) is 1. The van der Waals surface area contributed by atoms with Gasteiger partial charge in [-0.3, -0.25) is 14.5 Å². The first kappa shape index (κ1) is 15.1. The number of amides is 2. The van der Waals surface area contributed by atoms with E-state index in [-0.39, 0.29) is 24.2 Å². The molecule has 1 aromatic carbocycles. The number of halogens is 1. The summed E-state index contributed by atoms with van der Waals surface area (Å²) in [4.78, 5) is 25.4. The number of nitrogens with zero attached hydrogens (tertiary/aromatic N) is 1. The molecule has 7 heteroatoms. The predicted molar refractivity (Wildman–Crippen MR) is 82.4 cm³/mol. The Labute approximate surface area is 129 Å². The van der Waals surface area contributed by atoms with Gasteiger partial charge in [-0.1, -0.05) is 15.9 Å². The van der Waals surface area contributed by atoms with E-state index in [1.807, 2.05) is 12.1 Å². The Morgan fingerprint density at radius 2 is 2.20 bits per heavy atom. The minimum atomic E-state index is -0.313. The zero-order valence-electron chi connectivity index (χ0n) is 10.8. The standard InChI is InChI=1S/C13H13BrN2O3S/c1-19-10-3-2-9(14)6-8(10)7-11-12(17)16(5-4-15)13(18)20-11/h2-3,6-7H,4-5,15H2,1H3/b11-7-. The molecule has 5 nitrogen and oxygen atoms in total. The van der Waals surface area contributed by atoms with E-state index in [1.54, 1.807) is 19.3 Å². The highest BCUT2D eigenvalue weighted by Gasteiger charge is 2.34. The number of carbonyl (C=O) groups is 2. The van der Waals surface area contributed by atoms with Gasteiger partial charge < -0.3 is 10.5 Å². The molecule has 0 unspecified atom stereocenters. The van der Waals surface area contributed by atoms with Gasteiger partial charge in [-0.25, -0.2) is 0 Å². The van der Waals surface area contributed by atoms with E-state index in [1.165, 1.54) is 0 Å². The van der Waals surface area contributed by atoms with Crippen LogP contribution in [0.1, 0.15) is 5.56 Å². The first-order valence-electron chi connectivity index (χ1n) is 5.85. The van der Waals surface area contributed by atoms with Crippen molar-refractivity contribution in [3.8, 4) is 5.75 Å². The Hall–Kier alpha value is -1.31. The Balaban J connectivity index is 2.35. The molecule has 0 radical (unpaired) electrons. The molecule has 1 saturated heterocycles. The van der Waals surface area contributed by atoms with Gasteiger partial charge in [0.05, 0.1) is 12.0 Å². The molecule has 0 atom stereocenters. The average molecular weight is 357 g/mol. The Kier molecular flexibility index (Phi) is 4.85. The van der Waals surface area contributed by atoms with E-state index in [0.29, 0.717) is 10.7 Å². The molecule has 20 heavy (non-hydrogen) atoms. The van der Waals surface area contributed by atoms with Crippen molar-refractivity contribution in [3.05, 3.63) is 33.1 Å². The van der Waals surface area contributed by atoms with Crippen LogP contribution in [-0.2, 0) is 4.79 Å². The summed E-state index contributed by atoms with van der Waals surface area (Å²) in [6.45, 7) is 0.489. The van der Waals surface area contributed by atoms with Gasteiger partial charge in [0, 0.05) is 23.1 Å². The summed E-state index contributed by atoms with van der Waals surface area (Å²) in [5.74, 6) is 0.325. The van der Waals surface area contributed by atoms with Crippen LogP contribution in [0.15, 0.2) is 27.6 Å². The second-order valence-electron chi connectivity index (χ2n) is 4.01. The molecule has 1 aliphatic rings. The lowest BCUT2D eigenvalue weighted by molar-refractivity contribution is -0.122. The monoisotopic (exact) mass is 356 g/mol. The minimum absolute atomic E-state index is 0.234. The molecule has 2 rings (SSSR count). The lowest BCUT2D eigenvalue weighted by Crippen LogP contribution is -2.33. The van der Waals surface area contributed by atoms with Crippen LogP contribution in [-0.4, -0.2) is 36.2 Å². The summed E-state index contributed by atoms with van der Waals surface area (Å²) >= 11 is 4.28. The largest absolute Gasteiger partial charge is 0.496 e. The third-order valence-corrected chi connectivity index (χ3v) is 4.11. The van der Waals surface area contributed by atoms with Crippen molar-refractivity contribution < 1.29 is 14.3 Å². The maximum absolute atomic E-state index is 12.1. The number of carbonyl (C=O) groups excluding carboxylic acids is 2. The third kappa shape index (κ3) is 3.05. The first-order chi connectivity index (χ1) is 9.56. The smallest absolute Gasteiger partial charge is 0.293 e. The number of thioether (sulfide) groups is 1. The quantitative estimate of drug-likeness (QED) is 0.838. The van der Waals surface area contributed by atoms with Crippen LogP contribution in [0.25, 0.3) is 6.08 Å². The van der Waals surface area contributed by atoms with E-state index in [0.717, 1.165) is 26.7 Å². The molecule has 0 spiro atoms. The first-order valence-corrected chi connectivity index (χ1v) is 7.46. The van der Waals surface area contributed by atoms with E-state index >= 15 is 0 Å². The van der Waals surface area contributed by atoms with Gasteiger partial charge in [-0.2, -0.15) is 0 Å². The summed E-state index contributed by atoms with van der Waals surface area (Å²) in [6.07, 6.45) is 1.66. The molecule has 0 aromatic heterocycles. The number of rotatable bonds is 4. The molecule has 1 aliphatic heterocycles. The fourth-order valence-electron chi connectivity index (χ4n) is 1.78. The van der Waals surface area contributed by atoms with Gasteiger partial charge in [0.2, 0.25) is 0 Å². The van der Waals surface area contributed by atoms with Gasteiger partial charge in [0.15, 0.2) is 0 Å². The second kappa shape index (κ2) is 6.43. The highest BCUT2D eigenvalue weighted by Crippen LogP contribution is 2.34. The SMILES string of the molecule is COc1ccc(Br)cc1/C=C1\SC(=O)N(CCN)C1=O. The summed E-state index contributed by atoms with van der Waals surface area (Å²) in [7, 11) is 1.56.